The van der Waals surface area contributed by atoms with Gasteiger partial charge in [0.25, 0.3) is 0 Å². The Balaban J connectivity index is 1.99. The van der Waals surface area contributed by atoms with E-state index in [9.17, 15) is 4.79 Å². The van der Waals surface area contributed by atoms with Gasteiger partial charge in [-0.3, -0.25) is 4.79 Å². The lowest BCUT2D eigenvalue weighted by Gasteiger charge is -2.00. The van der Waals surface area contributed by atoms with E-state index < -0.39 is 5.97 Å². The van der Waals surface area contributed by atoms with Gasteiger partial charge in [-0.05, 0) is 36.2 Å². The van der Waals surface area contributed by atoms with Gasteiger partial charge < -0.3 is 9.52 Å². The van der Waals surface area contributed by atoms with Crippen LogP contribution in [0.5, 0.6) is 0 Å². The molecule has 0 aliphatic carbocycles. The van der Waals surface area contributed by atoms with Crippen molar-refractivity contribution in [2.45, 2.75) is 12.8 Å². The molecule has 0 radical (unpaired) electrons. The molecule has 0 aliphatic heterocycles. The number of aromatic nitrogens is 3. The van der Waals surface area contributed by atoms with Gasteiger partial charge in [-0.2, -0.15) is 0 Å². The minimum atomic E-state index is -0.867. The van der Waals surface area contributed by atoms with Gasteiger partial charge in [0, 0.05) is 17.4 Å². The van der Waals surface area contributed by atoms with Crippen molar-refractivity contribution in [3.63, 3.8) is 0 Å². The summed E-state index contributed by atoms with van der Waals surface area (Å²) >= 11 is 1.23. The Bertz CT molecular complexity index is 760. The average molecular weight is 301 g/mol. The van der Waals surface area contributed by atoms with E-state index in [4.69, 9.17) is 9.52 Å². The largest absolute Gasteiger partial charge is 0.481 e. The molecule has 0 fully saturated rings. The summed E-state index contributed by atoms with van der Waals surface area (Å²) in [6.07, 6.45) is 2.08. The SMILES string of the molecule is O=C(O)CC/C(=C\c1csnn1)c1nc2ccccc2o1. The zero-order valence-electron chi connectivity index (χ0n) is 10.9. The van der Waals surface area contributed by atoms with E-state index in [1.165, 1.54) is 11.5 Å². The van der Waals surface area contributed by atoms with Gasteiger partial charge in [0.05, 0.1) is 5.69 Å². The quantitative estimate of drug-likeness (QED) is 0.779. The molecule has 3 aromatic rings. The highest BCUT2D eigenvalue weighted by Gasteiger charge is 2.13. The van der Waals surface area contributed by atoms with Gasteiger partial charge >= 0.3 is 5.97 Å². The van der Waals surface area contributed by atoms with E-state index in [1.807, 2.05) is 24.3 Å². The van der Waals surface area contributed by atoms with Crippen molar-refractivity contribution >= 4 is 40.3 Å². The van der Waals surface area contributed by atoms with Crippen LogP contribution in [0, 0.1) is 0 Å². The zero-order chi connectivity index (χ0) is 14.7. The number of carbonyl (C=O) groups is 1. The van der Waals surface area contributed by atoms with E-state index in [-0.39, 0.29) is 6.42 Å². The number of para-hydroxylation sites is 2. The number of oxazole rings is 1. The van der Waals surface area contributed by atoms with Crippen LogP contribution in [0.2, 0.25) is 0 Å². The molecular weight excluding hydrogens is 290 g/mol. The Hall–Kier alpha value is -2.54. The van der Waals surface area contributed by atoms with Crippen molar-refractivity contribution in [1.82, 2.24) is 14.6 Å². The molecule has 7 heteroatoms. The van der Waals surface area contributed by atoms with Gasteiger partial charge in [-0.1, -0.05) is 16.6 Å². The second-order valence-corrected chi connectivity index (χ2v) is 4.99. The highest BCUT2D eigenvalue weighted by atomic mass is 32.1. The van der Waals surface area contributed by atoms with Crippen LogP contribution in [0.4, 0.5) is 0 Å². The number of benzene rings is 1. The molecule has 0 amide bonds. The lowest BCUT2D eigenvalue weighted by Crippen LogP contribution is -1.96. The topological polar surface area (TPSA) is 89.1 Å². The first kappa shape index (κ1) is 13.4. The third kappa shape index (κ3) is 3.14. The number of carboxylic acids is 1. The number of rotatable bonds is 5. The molecule has 0 unspecified atom stereocenters. The molecule has 106 valence electrons. The Morgan fingerprint density at radius 1 is 1.33 bits per heavy atom. The van der Waals surface area contributed by atoms with Crippen molar-refractivity contribution in [1.29, 1.82) is 0 Å². The van der Waals surface area contributed by atoms with Crippen LogP contribution in [-0.4, -0.2) is 25.6 Å². The lowest BCUT2D eigenvalue weighted by atomic mass is 10.1. The van der Waals surface area contributed by atoms with Crippen LogP contribution in [0.15, 0.2) is 34.1 Å². The Morgan fingerprint density at radius 2 is 2.19 bits per heavy atom. The molecule has 3 rings (SSSR count). The normalized spacial score (nSPS) is 11.9. The second-order valence-electron chi connectivity index (χ2n) is 4.38. The standard InChI is InChI=1S/C14H11N3O3S/c18-13(19)6-5-9(7-10-8-21-17-16-10)14-15-11-3-1-2-4-12(11)20-14/h1-4,7-8H,5-6H2,(H,18,19)/b9-7+. The monoisotopic (exact) mass is 301 g/mol. The van der Waals surface area contributed by atoms with E-state index in [0.717, 1.165) is 5.52 Å². The summed E-state index contributed by atoms with van der Waals surface area (Å²) < 4.78 is 9.48. The molecule has 0 atom stereocenters. The minimum absolute atomic E-state index is 0.00211. The summed E-state index contributed by atoms with van der Waals surface area (Å²) in [7, 11) is 0. The van der Waals surface area contributed by atoms with Gasteiger partial charge in [0.15, 0.2) is 5.58 Å². The summed E-state index contributed by atoms with van der Waals surface area (Å²) in [6.45, 7) is 0. The maximum atomic E-state index is 10.8. The van der Waals surface area contributed by atoms with Gasteiger partial charge in [0.1, 0.15) is 5.52 Å². The number of carboxylic acid groups (broad SMARTS) is 1. The van der Waals surface area contributed by atoms with Crippen molar-refractivity contribution in [2.75, 3.05) is 0 Å². The van der Waals surface area contributed by atoms with Crippen LogP contribution < -0.4 is 0 Å². The van der Waals surface area contributed by atoms with Crippen LogP contribution in [-0.2, 0) is 4.79 Å². The summed E-state index contributed by atoms with van der Waals surface area (Å²) in [5.74, 6) is -0.445. The smallest absolute Gasteiger partial charge is 0.303 e. The molecule has 0 saturated carbocycles. The number of hydrogen-bond acceptors (Lipinski definition) is 6. The summed E-state index contributed by atoms with van der Waals surface area (Å²) in [6, 6.07) is 7.41. The molecule has 2 heterocycles. The van der Waals surface area contributed by atoms with E-state index in [0.29, 0.717) is 29.2 Å². The molecule has 21 heavy (non-hydrogen) atoms. The average Bonchev–Trinajstić information content (AvgIpc) is 3.11. The number of allylic oxidation sites excluding steroid dienone is 1. The first-order valence-corrected chi connectivity index (χ1v) is 7.11. The third-order valence-electron chi connectivity index (χ3n) is 2.88. The van der Waals surface area contributed by atoms with Crippen molar-refractivity contribution in [3.8, 4) is 0 Å². The molecule has 2 aromatic heterocycles. The number of fused-ring (bicyclic) bond motifs is 1. The third-order valence-corrected chi connectivity index (χ3v) is 3.40. The zero-order valence-corrected chi connectivity index (χ0v) is 11.7. The van der Waals surface area contributed by atoms with Gasteiger partial charge in [0.2, 0.25) is 5.89 Å². The fraction of sp³-hybridized carbons (Fsp3) is 0.143. The number of nitrogens with zero attached hydrogens (tertiary/aromatic N) is 3. The summed E-state index contributed by atoms with van der Waals surface area (Å²) in [4.78, 5) is 15.2. The van der Waals surface area contributed by atoms with Gasteiger partial charge in [-0.25, -0.2) is 4.98 Å². The first-order valence-electron chi connectivity index (χ1n) is 6.28. The van der Waals surface area contributed by atoms with Crippen molar-refractivity contribution in [3.05, 3.63) is 41.2 Å². The van der Waals surface area contributed by atoms with Crippen LogP contribution in [0.1, 0.15) is 24.4 Å². The van der Waals surface area contributed by atoms with E-state index in [1.54, 1.807) is 11.5 Å². The van der Waals surface area contributed by atoms with Crippen LogP contribution >= 0.6 is 11.5 Å². The van der Waals surface area contributed by atoms with Crippen molar-refractivity contribution in [2.24, 2.45) is 0 Å². The Labute approximate surface area is 123 Å². The van der Waals surface area contributed by atoms with E-state index >= 15 is 0 Å². The highest BCUT2D eigenvalue weighted by molar-refractivity contribution is 7.03. The maximum Gasteiger partial charge on any atom is 0.303 e. The molecule has 0 saturated heterocycles. The summed E-state index contributed by atoms with van der Waals surface area (Å²) in [5, 5.41) is 14.6. The molecule has 0 spiro atoms. The molecule has 6 nitrogen and oxygen atoms in total. The predicted molar refractivity (Wildman–Crippen MR) is 78.7 cm³/mol. The Morgan fingerprint density at radius 3 is 2.90 bits per heavy atom. The maximum absolute atomic E-state index is 10.8. The molecule has 1 N–H and O–H groups in total. The minimum Gasteiger partial charge on any atom is -0.481 e. The predicted octanol–water partition coefficient (Wildman–Crippen LogP) is 3.08. The van der Waals surface area contributed by atoms with Crippen molar-refractivity contribution < 1.29 is 14.3 Å². The van der Waals surface area contributed by atoms with Crippen LogP contribution in [0.3, 0.4) is 0 Å². The van der Waals surface area contributed by atoms with Crippen LogP contribution in [0.25, 0.3) is 22.7 Å². The first-order chi connectivity index (χ1) is 10.2. The van der Waals surface area contributed by atoms with E-state index in [2.05, 4.69) is 14.6 Å². The fourth-order valence-corrected chi connectivity index (χ4v) is 2.32. The number of aliphatic carboxylic acids is 1. The summed E-state index contributed by atoms with van der Waals surface area (Å²) in [5.41, 5.74) is 2.78. The second kappa shape index (κ2) is 5.84. The molecular formula is C14H11N3O3S. The number of hydrogen-bond donors (Lipinski definition) is 1. The molecule has 0 aliphatic rings. The highest BCUT2D eigenvalue weighted by Crippen LogP contribution is 2.26. The fourth-order valence-electron chi connectivity index (χ4n) is 1.91. The molecule has 0 bridgehead atoms. The molecule has 1 aromatic carbocycles. The van der Waals surface area contributed by atoms with Gasteiger partial charge in [-0.15, -0.1) is 5.10 Å². The Kier molecular flexibility index (Phi) is 3.74. The lowest BCUT2D eigenvalue weighted by molar-refractivity contribution is -0.136.